The van der Waals surface area contributed by atoms with Crippen LogP contribution >= 0.6 is 11.8 Å². The lowest BCUT2D eigenvalue weighted by atomic mass is 10.1. The number of thioether (sulfide) groups is 1. The zero-order valence-corrected chi connectivity index (χ0v) is 14.4. The molecule has 0 fully saturated rings. The van der Waals surface area contributed by atoms with Crippen LogP contribution in [0.5, 0.6) is 0 Å². The van der Waals surface area contributed by atoms with E-state index in [1.807, 2.05) is 30.3 Å². The van der Waals surface area contributed by atoms with Gasteiger partial charge in [-0.25, -0.2) is 4.79 Å². The molecule has 0 aliphatic heterocycles. The molecule has 0 radical (unpaired) electrons. The summed E-state index contributed by atoms with van der Waals surface area (Å²) in [5.74, 6) is -1.17. The molecule has 128 valence electrons. The van der Waals surface area contributed by atoms with Crippen LogP contribution in [0.15, 0.2) is 71.0 Å². The third-order valence-electron chi connectivity index (χ3n) is 3.05. The second-order valence-corrected chi connectivity index (χ2v) is 6.01. The third-order valence-corrected chi connectivity index (χ3v) is 3.87. The Balaban J connectivity index is 1.76. The molecule has 0 aromatic heterocycles. The highest BCUT2D eigenvalue weighted by atomic mass is 32.2. The van der Waals surface area contributed by atoms with Gasteiger partial charge in [-0.1, -0.05) is 42.1 Å². The molecular formula is C19H17NO4S. The maximum Gasteiger partial charge on any atom is 0.331 e. The number of ether oxygens (including phenoxy) is 1. The number of carbonyl (C=O) groups excluding carboxylic acids is 3. The van der Waals surface area contributed by atoms with Crippen molar-refractivity contribution in [2.75, 3.05) is 11.9 Å². The minimum Gasteiger partial charge on any atom is -0.452 e. The summed E-state index contributed by atoms with van der Waals surface area (Å²) in [6.07, 6.45) is 1.27. The van der Waals surface area contributed by atoms with Crippen LogP contribution in [0.1, 0.15) is 17.3 Å². The number of hydrogen-bond donors (Lipinski definition) is 1. The molecule has 0 spiro atoms. The van der Waals surface area contributed by atoms with Gasteiger partial charge < -0.3 is 10.1 Å². The first-order chi connectivity index (χ1) is 12.0. The van der Waals surface area contributed by atoms with E-state index in [9.17, 15) is 14.4 Å². The molecule has 0 unspecified atom stereocenters. The molecular weight excluding hydrogens is 338 g/mol. The van der Waals surface area contributed by atoms with E-state index in [1.165, 1.54) is 24.8 Å². The predicted octanol–water partition coefficient (Wildman–Crippen LogP) is 3.68. The average Bonchev–Trinajstić information content (AvgIpc) is 2.61. The Morgan fingerprint density at radius 1 is 1.08 bits per heavy atom. The first-order valence-electron chi connectivity index (χ1n) is 7.50. The minimum absolute atomic E-state index is 0.0939. The van der Waals surface area contributed by atoms with Crippen LogP contribution in [-0.4, -0.2) is 24.3 Å². The Hall–Kier alpha value is -2.86. The zero-order valence-electron chi connectivity index (χ0n) is 13.6. The van der Waals surface area contributed by atoms with Gasteiger partial charge >= 0.3 is 5.97 Å². The van der Waals surface area contributed by atoms with Crippen LogP contribution < -0.4 is 5.32 Å². The zero-order chi connectivity index (χ0) is 18.1. The van der Waals surface area contributed by atoms with E-state index in [0.29, 0.717) is 11.3 Å². The molecule has 0 aliphatic rings. The summed E-state index contributed by atoms with van der Waals surface area (Å²) in [6, 6.07) is 16.1. The number of anilines is 1. The van der Waals surface area contributed by atoms with E-state index in [-0.39, 0.29) is 5.78 Å². The largest absolute Gasteiger partial charge is 0.452 e. The van der Waals surface area contributed by atoms with Crippen molar-refractivity contribution in [3.8, 4) is 0 Å². The van der Waals surface area contributed by atoms with Gasteiger partial charge in [0.2, 0.25) is 0 Å². The number of Topliss-reactive ketones (excluding diaryl/α,β-unsaturated/α-hetero) is 1. The fourth-order valence-electron chi connectivity index (χ4n) is 1.87. The van der Waals surface area contributed by atoms with Crippen LogP contribution in [0.25, 0.3) is 0 Å². The molecule has 2 aromatic carbocycles. The van der Waals surface area contributed by atoms with Gasteiger partial charge in [-0.2, -0.15) is 0 Å². The predicted molar refractivity (Wildman–Crippen MR) is 97.5 cm³/mol. The first kappa shape index (κ1) is 18.5. The molecule has 5 nitrogen and oxygen atoms in total. The lowest BCUT2D eigenvalue weighted by Gasteiger charge is -2.06. The maximum atomic E-state index is 11.8. The summed E-state index contributed by atoms with van der Waals surface area (Å²) in [5.41, 5.74) is 0.972. The Labute approximate surface area is 150 Å². The van der Waals surface area contributed by atoms with Gasteiger partial charge in [-0.05, 0) is 36.6 Å². The van der Waals surface area contributed by atoms with E-state index in [1.54, 1.807) is 29.7 Å². The van der Waals surface area contributed by atoms with Crippen molar-refractivity contribution in [1.29, 1.82) is 0 Å². The minimum atomic E-state index is -0.601. The van der Waals surface area contributed by atoms with Crippen molar-refractivity contribution in [3.05, 3.63) is 71.6 Å². The molecule has 0 heterocycles. The molecule has 2 rings (SSSR count). The molecule has 1 amide bonds. The van der Waals surface area contributed by atoms with Gasteiger partial charge in [0, 0.05) is 22.2 Å². The van der Waals surface area contributed by atoms with Crippen molar-refractivity contribution in [1.82, 2.24) is 0 Å². The van der Waals surface area contributed by atoms with Crippen molar-refractivity contribution < 1.29 is 19.1 Å². The highest BCUT2D eigenvalue weighted by Gasteiger charge is 2.07. The van der Waals surface area contributed by atoms with E-state index in [0.717, 1.165) is 4.90 Å². The van der Waals surface area contributed by atoms with Crippen molar-refractivity contribution in [2.45, 2.75) is 11.8 Å². The van der Waals surface area contributed by atoms with Crippen molar-refractivity contribution >= 4 is 35.1 Å². The van der Waals surface area contributed by atoms with Crippen LogP contribution in [0.2, 0.25) is 0 Å². The molecule has 0 bridgehead atoms. The molecule has 1 N–H and O–H groups in total. The second-order valence-electron chi connectivity index (χ2n) is 5.03. The summed E-state index contributed by atoms with van der Waals surface area (Å²) in [6.45, 7) is 1.05. The third kappa shape index (κ3) is 6.64. The smallest absolute Gasteiger partial charge is 0.331 e. The number of benzene rings is 2. The molecule has 0 aliphatic carbocycles. The summed E-state index contributed by atoms with van der Waals surface area (Å²) in [4.78, 5) is 35.7. The van der Waals surface area contributed by atoms with E-state index >= 15 is 0 Å². The highest BCUT2D eigenvalue weighted by Crippen LogP contribution is 2.17. The first-order valence-corrected chi connectivity index (χ1v) is 8.38. The number of nitrogens with one attached hydrogen (secondary N) is 1. The van der Waals surface area contributed by atoms with Crippen LogP contribution in [0.4, 0.5) is 5.69 Å². The van der Waals surface area contributed by atoms with Gasteiger partial charge in [0.15, 0.2) is 12.4 Å². The topological polar surface area (TPSA) is 72.5 Å². The number of rotatable bonds is 7. The number of hydrogen-bond acceptors (Lipinski definition) is 5. The Morgan fingerprint density at radius 3 is 2.56 bits per heavy atom. The molecule has 0 saturated heterocycles. The average molecular weight is 355 g/mol. The van der Waals surface area contributed by atoms with Crippen LogP contribution in [0, 0.1) is 0 Å². The summed E-state index contributed by atoms with van der Waals surface area (Å²) in [7, 11) is 0. The number of amides is 1. The van der Waals surface area contributed by atoms with Gasteiger partial charge in [0.05, 0.1) is 0 Å². The second kappa shape index (κ2) is 9.44. The van der Waals surface area contributed by atoms with Crippen LogP contribution in [-0.2, 0) is 14.3 Å². The SMILES string of the molecule is CC(=O)c1cccc(NC(=O)COC(=O)/C=C/Sc2ccccc2)c1. The fourth-order valence-corrected chi connectivity index (χ4v) is 2.52. The summed E-state index contributed by atoms with van der Waals surface area (Å²) in [5, 5.41) is 4.18. The monoisotopic (exact) mass is 355 g/mol. The molecule has 25 heavy (non-hydrogen) atoms. The molecule has 0 atom stereocenters. The number of carbonyl (C=O) groups is 3. The lowest BCUT2D eigenvalue weighted by Crippen LogP contribution is -2.20. The van der Waals surface area contributed by atoms with Crippen molar-refractivity contribution in [3.63, 3.8) is 0 Å². The van der Waals surface area contributed by atoms with E-state index in [4.69, 9.17) is 4.74 Å². The normalized spacial score (nSPS) is 10.4. The van der Waals surface area contributed by atoms with E-state index < -0.39 is 18.5 Å². The Morgan fingerprint density at radius 2 is 1.84 bits per heavy atom. The van der Waals surface area contributed by atoms with Gasteiger partial charge in [0.25, 0.3) is 5.91 Å². The quantitative estimate of drug-likeness (QED) is 0.355. The fraction of sp³-hybridized carbons (Fsp3) is 0.105. The number of ketones is 1. The Bertz CT molecular complexity index is 787. The highest BCUT2D eigenvalue weighted by molar-refractivity contribution is 8.02. The van der Waals surface area contributed by atoms with Gasteiger partial charge in [0.1, 0.15) is 0 Å². The number of esters is 1. The summed E-state index contributed by atoms with van der Waals surface area (Å²) < 4.78 is 4.87. The van der Waals surface area contributed by atoms with E-state index in [2.05, 4.69) is 5.32 Å². The Kier molecular flexibility index (Phi) is 6.98. The molecule has 0 saturated carbocycles. The standard InChI is InChI=1S/C19H17NO4S/c1-14(21)15-6-5-7-16(12-15)20-18(22)13-24-19(23)10-11-25-17-8-3-2-4-9-17/h2-12H,13H2,1H3,(H,20,22)/b11-10+. The van der Waals surface area contributed by atoms with Gasteiger partial charge in [-0.15, -0.1) is 0 Å². The molecule has 2 aromatic rings. The maximum absolute atomic E-state index is 11.8. The lowest BCUT2D eigenvalue weighted by molar-refractivity contribution is -0.142. The van der Waals surface area contributed by atoms with Crippen molar-refractivity contribution in [2.24, 2.45) is 0 Å². The molecule has 6 heteroatoms. The van der Waals surface area contributed by atoms with Crippen LogP contribution in [0.3, 0.4) is 0 Å². The summed E-state index contributed by atoms with van der Waals surface area (Å²) >= 11 is 1.38. The van der Waals surface area contributed by atoms with Gasteiger partial charge in [-0.3, -0.25) is 9.59 Å².